The number of ether oxygens (including phenoxy) is 3. The number of cyclic esters (lactones) is 1. The Kier molecular flexibility index (Phi) is 3.65. The SMILES string of the molecule is CC1(C)COC(=O)N[C@H]1c1cccc2c1OC(F)(F)O2.Cl. The van der Waals surface area contributed by atoms with Crippen LogP contribution in [0.4, 0.5) is 13.6 Å². The van der Waals surface area contributed by atoms with E-state index in [0.29, 0.717) is 5.56 Å². The normalized spacial score (nSPS) is 24.6. The molecule has 0 aliphatic carbocycles. The molecule has 2 heterocycles. The Morgan fingerprint density at radius 2 is 2.00 bits per heavy atom. The maximum absolute atomic E-state index is 13.2. The number of nitrogens with one attached hydrogen (secondary N) is 1. The van der Waals surface area contributed by atoms with Crippen molar-refractivity contribution in [3.05, 3.63) is 23.8 Å². The highest BCUT2D eigenvalue weighted by Gasteiger charge is 2.47. The van der Waals surface area contributed by atoms with E-state index in [9.17, 15) is 13.6 Å². The van der Waals surface area contributed by atoms with Gasteiger partial charge in [-0.15, -0.1) is 21.2 Å². The fourth-order valence-electron chi connectivity index (χ4n) is 2.41. The second-order valence-electron chi connectivity index (χ2n) is 5.48. The molecular formula is C13H14ClF2NO4. The lowest BCUT2D eigenvalue weighted by Gasteiger charge is -2.38. The van der Waals surface area contributed by atoms with Crippen LogP contribution < -0.4 is 14.8 Å². The van der Waals surface area contributed by atoms with E-state index in [4.69, 9.17) is 4.74 Å². The van der Waals surface area contributed by atoms with E-state index < -0.39 is 23.8 Å². The molecule has 2 aliphatic heterocycles. The van der Waals surface area contributed by atoms with Crippen LogP contribution in [-0.2, 0) is 4.74 Å². The Morgan fingerprint density at radius 1 is 1.29 bits per heavy atom. The molecule has 1 N–H and O–H groups in total. The highest BCUT2D eigenvalue weighted by molar-refractivity contribution is 5.85. The molecule has 1 amide bonds. The van der Waals surface area contributed by atoms with Gasteiger partial charge in [-0.2, -0.15) is 0 Å². The molecule has 116 valence electrons. The smallest absolute Gasteiger partial charge is 0.449 e. The summed E-state index contributed by atoms with van der Waals surface area (Å²) in [7, 11) is 0. The number of fused-ring (bicyclic) bond motifs is 1. The van der Waals surface area contributed by atoms with E-state index in [1.807, 2.05) is 13.8 Å². The van der Waals surface area contributed by atoms with E-state index in [1.54, 1.807) is 12.1 Å². The van der Waals surface area contributed by atoms with Crippen LogP contribution in [0.15, 0.2) is 18.2 Å². The Balaban J connectivity index is 0.00000161. The van der Waals surface area contributed by atoms with Gasteiger partial charge in [0.15, 0.2) is 11.5 Å². The quantitative estimate of drug-likeness (QED) is 0.862. The summed E-state index contributed by atoms with van der Waals surface area (Å²) >= 11 is 0. The van der Waals surface area contributed by atoms with Gasteiger partial charge in [0.25, 0.3) is 0 Å². The zero-order valence-corrected chi connectivity index (χ0v) is 12.1. The first-order valence-electron chi connectivity index (χ1n) is 6.10. The number of carbonyl (C=O) groups excluding carboxylic acids is 1. The third-order valence-corrected chi connectivity index (χ3v) is 3.39. The molecule has 0 unspecified atom stereocenters. The van der Waals surface area contributed by atoms with E-state index in [-0.39, 0.29) is 30.5 Å². The minimum absolute atomic E-state index is 0. The highest BCUT2D eigenvalue weighted by Crippen LogP contribution is 2.48. The Hall–Kier alpha value is -1.76. The summed E-state index contributed by atoms with van der Waals surface area (Å²) in [4.78, 5) is 11.4. The number of hydrogen-bond acceptors (Lipinski definition) is 4. The number of halogens is 3. The Morgan fingerprint density at radius 3 is 2.71 bits per heavy atom. The zero-order valence-electron chi connectivity index (χ0n) is 11.3. The van der Waals surface area contributed by atoms with Crippen molar-refractivity contribution in [1.29, 1.82) is 0 Å². The second kappa shape index (κ2) is 4.91. The van der Waals surface area contributed by atoms with Gasteiger partial charge in [0.1, 0.15) is 6.61 Å². The van der Waals surface area contributed by atoms with Crippen LogP contribution in [0, 0.1) is 5.41 Å². The molecule has 0 bridgehead atoms. The molecule has 1 atom stereocenters. The van der Waals surface area contributed by atoms with Crippen LogP contribution in [0.2, 0.25) is 0 Å². The monoisotopic (exact) mass is 321 g/mol. The molecule has 0 spiro atoms. The van der Waals surface area contributed by atoms with E-state index in [2.05, 4.69) is 14.8 Å². The van der Waals surface area contributed by atoms with Crippen LogP contribution in [0.1, 0.15) is 25.5 Å². The van der Waals surface area contributed by atoms with Gasteiger partial charge >= 0.3 is 12.4 Å². The number of rotatable bonds is 1. The molecule has 0 aromatic heterocycles. The lowest BCUT2D eigenvalue weighted by molar-refractivity contribution is -0.287. The van der Waals surface area contributed by atoms with Gasteiger partial charge in [-0.05, 0) is 6.07 Å². The summed E-state index contributed by atoms with van der Waals surface area (Å²) in [6.07, 6.45) is -4.27. The molecule has 5 nitrogen and oxygen atoms in total. The fraction of sp³-hybridized carbons (Fsp3) is 0.462. The standard InChI is InChI=1S/C13H13F2NO4.ClH/c1-12(2)6-18-11(17)16-10(12)7-4-3-5-8-9(7)20-13(14,15)19-8;/h3-5,10H,6H2,1-2H3,(H,16,17);1H/t10-;/m0./s1. The predicted octanol–water partition coefficient (Wildman–Crippen LogP) is 3.24. The maximum Gasteiger partial charge on any atom is 0.586 e. The molecule has 1 aromatic rings. The number of alkyl carbamates (subject to hydrolysis) is 1. The summed E-state index contributed by atoms with van der Waals surface area (Å²) in [5.41, 5.74) is -0.0223. The average Bonchev–Trinajstić information content (AvgIpc) is 2.66. The van der Waals surface area contributed by atoms with E-state index >= 15 is 0 Å². The number of hydrogen-bond donors (Lipinski definition) is 1. The van der Waals surface area contributed by atoms with Gasteiger partial charge in [0, 0.05) is 11.0 Å². The molecule has 3 rings (SSSR count). The fourth-order valence-corrected chi connectivity index (χ4v) is 2.41. The van der Waals surface area contributed by atoms with Gasteiger partial charge in [-0.1, -0.05) is 26.0 Å². The number of alkyl halides is 2. The van der Waals surface area contributed by atoms with Crippen molar-refractivity contribution in [2.24, 2.45) is 5.41 Å². The van der Waals surface area contributed by atoms with Crippen LogP contribution in [-0.4, -0.2) is 19.0 Å². The number of benzene rings is 1. The van der Waals surface area contributed by atoms with Crippen molar-refractivity contribution in [3.63, 3.8) is 0 Å². The minimum atomic E-state index is -3.68. The van der Waals surface area contributed by atoms with Gasteiger partial charge in [0.2, 0.25) is 0 Å². The lowest BCUT2D eigenvalue weighted by atomic mass is 9.80. The first kappa shape index (κ1) is 15.6. The highest BCUT2D eigenvalue weighted by atomic mass is 35.5. The Bertz CT molecular complexity index is 579. The molecule has 0 saturated carbocycles. The first-order chi connectivity index (χ1) is 9.28. The summed E-state index contributed by atoms with van der Waals surface area (Å²) in [6, 6.07) is 4.10. The molecule has 0 radical (unpaired) electrons. The molecule has 1 saturated heterocycles. The lowest BCUT2D eigenvalue weighted by Crippen LogP contribution is -2.47. The van der Waals surface area contributed by atoms with Crippen molar-refractivity contribution < 1.29 is 27.8 Å². The zero-order chi connectivity index (χ0) is 14.5. The Labute approximate surface area is 126 Å². The van der Waals surface area contributed by atoms with E-state index in [0.717, 1.165) is 0 Å². The molecule has 1 fully saturated rings. The van der Waals surface area contributed by atoms with Crippen LogP contribution >= 0.6 is 12.4 Å². The van der Waals surface area contributed by atoms with Crippen molar-refractivity contribution in [2.75, 3.05) is 6.61 Å². The summed E-state index contributed by atoms with van der Waals surface area (Å²) in [6.45, 7) is 3.92. The molecule has 8 heteroatoms. The molecule has 21 heavy (non-hydrogen) atoms. The third kappa shape index (κ3) is 2.70. The summed E-state index contributed by atoms with van der Waals surface area (Å²) < 4.78 is 40.3. The minimum Gasteiger partial charge on any atom is -0.449 e. The van der Waals surface area contributed by atoms with Crippen LogP contribution in [0.5, 0.6) is 11.5 Å². The number of carbonyl (C=O) groups is 1. The van der Waals surface area contributed by atoms with E-state index in [1.165, 1.54) is 6.07 Å². The molecule has 1 aromatic carbocycles. The molecule has 2 aliphatic rings. The van der Waals surface area contributed by atoms with Crippen molar-refractivity contribution in [1.82, 2.24) is 5.32 Å². The van der Waals surface area contributed by atoms with Gasteiger partial charge in [-0.3, -0.25) is 0 Å². The predicted molar refractivity (Wildman–Crippen MR) is 70.9 cm³/mol. The average molecular weight is 322 g/mol. The van der Waals surface area contributed by atoms with Gasteiger partial charge in [0.05, 0.1) is 6.04 Å². The number of para-hydroxylation sites is 1. The van der Waals surface area contributed by atoms with Crippen LogP contribution in [0.25, 0.3) is 0 Å². The van der Waals surface area contributed by atoms with Gasteiger partial charge in [-0.25, -0.2) is 4.79 Å². The van der Waals surface area contributed by atoms with Crippen molar-refractivity contribution in [2.45, 2.75) is 26.2 Å². The largest absolute Gasteiger partial charge is 0.586 e. The molecular weight excluding hydrogens is 308 g/mol. The van der Waals surface area contributed by atoms with Crippen LogP contribution in [0.3, 0.4) is 0 Å². The first-order valence-corrected chi connectivity index (χ1v) is 6.10. The van der Waals surface area contributed by atoms with Gasteiger partial charge < -0.3 is 19.5 Å². The summed E-state index contributed by atoms with van der Waals surface area (Å²) in [5.74, 6) is -0.0817. The number of amides is 1. The van der Waals surface area contributed by atoms with Crippen molar-refractivity contribution >= 4 is 18.5 Å². The second-order valence-corrected chi connectivity index (χ2v) is 5.48. The maximum atomic E-state index is 13.2. The summed E-state index contributed by atoms with van der Waals surface area (Å²) in [5, 5.41) is 2.64. The topological polar surface area (TPSA) is 56.8 Å². The van der Waals surface area contributed by atoms with Crippen molar-refractivity contribution in [3.8, 4) is 11.5 Å². The third-order valence-electron chi connectivity index (χ3n) is 3.39.